The van der Waals surface area contributed by atoms with Crippen LogP contribution in [-0.4, -0.2) is 23.6 Å². The summed E-state index contributed by atoms with van der Waals surface area (Å²) in [6.45, 7) is 5.48. The van der Waals surface area contributed by atoms with Crippen LogP contribution < -0.4 is 15.5 Å². The maximum absolute atomic E-state index is 12.0. The van der Waals surface area contributed by atoms with E-state index in [0.717, 1.165) is 19.3 Å². The fourth-order valence-corrected chi connectivity index (χ4v) is 1.98. The predicted octanol–water partition coefficient (Wildman–Crippen LogP) is 2.70. The summed E-state index contributed by atoms with van der Waals surface area (Å²) in [7, 11) is 0. The number of carbonyl (C=O) groups is 2. The van der Waals surface area contributed by atoms with Crippen LogP contribution in [0, 0.1) is 0 Å². The number of nitrogens with zero attached hydrogens (tertiary/aromatic N) is 1. The molecule has 0 fully saturated rings. The fourth-order valence-electron chi connectivity index (χ4n) is 1.98. The summed E-state index contributed by atoms with van der Waals surface area (Å²) in [6.07, 6.45) is 4.64. The van der Waals surface area contributed by atoms with Gasteiger partial charge in [0.25, 0.3) is 11.8 Å². The van der Waals surface area contributed by atoms with Gasteiger partial charge in [-0.05, 0) is 44.9 Å². The largest absolute Gasteiger partial charge is 0.476 e. The monoisotopic (exact) mass is 303 g/mol. The zero-order valence-corrected chi connectivity index (χ0v) is 13.1. The van der Waals surface area contributed by atoms with Crippen molar-refractivity contribution < 1.29 is 14.3 Å². The molecule has 0 unspecified atom stereocenters. The highest BCUT2D eigenvalue weighted by Crippen LogP contribution is 2.34. The van der Waals surface area contributed by atoms with Crippen molar-refractivity contribution in [2.45, 2.75) is 45.6 Å². The molecule has 1 aromatic rings. The van der Waals surface area contributed by atoms with Gasteiger partial charge in [-0.1, -0.05) is 13.3 Å². The lowest BCUT2D eigenvalue weighted by Gasteiger charge is -2.31. The number of rotatable bonds is 5. The Bertz CT molecular complexity index is 609. The number of fused-ring (bicyclic) bond motifs is 1. The molecule has 6 nitrogen and oxygen atoms in total. The van der Waals surface area contributed by atoms with Crippen LogP contribution in [0.15, 0.2) is 23.3 Å². The topological polar surface area (TPSA) is 79.8 Å². The molecule has 0 spiro atoms. The Hall–Kier alpha value is -2.37. The van der Waals surface area contributed by atoms with Crippen LogP contribution in [0.5, 0.6) is 5.75 Å². The minimum Gasteiger partial charge on any atom is -0.476 e. The molecular formula is C16H21N3O3. The van der Waals surface area contributed by atoms with Gasteiger partial charge in [0.2, 0.25) is 0 Å². The number of nitrogens with one attached hydrogen (secondary N) is 2. The normalized spacial score (nSPS) is 15.9. The van der Waals surface area contributed by atoms with Gasteiger partial charge in [0.15, 0.2) is 5.60 Å². The number of hydrogen-bond donors (Lipinski definition) is 2. The molecule has 0 radical (unpaired) electrons. The SMILES string of the molecule is CCCC/C=N\NC(=O)c1ccc2c(c1)NC(=O)C(C)(C)O2. The van der Waals surface area contributed by atoms with E-state index >= 15 is 0 Å². The summed E-state index contributed by atoms with van der Waals surface area (Å²) in [5.74, 6) is -0.0163. The molecule has 1 heterocycles. The van der Waals surface area contributed by atoms with Crippen molar-refractivity contribution in [2.24, 2.45) is 5.10 Å². The maximum Gasteiger partial charge on any atom is 0.271 e. The second-order valence-electron chi connectivity index (χ2n) is 5.67. The lowest BCUT2D eigenvalue weighted by atomic mass is 10.0. The Morgan fingerprint density at radius 3 is 2.95 bits per heavy atom. The van der Waals surface area contributed by atoms with E-state index < -0.39 is 5.60 Å². The lowest BCUT2D eigenvalue weighted by molar-refractivity contribution is -0.129. The average molecular weight is 303 g/mol. The van der Waals surface area contributed by atoms with Crippen LogP contribution in [0.2, 0.25) is 0 Å². The second kappa shape index (κ2) is 6.60. The highest BCUT2D eigenvalue weighted by Gasteiger charge is 2.35. The van der Waals surface area contributed by atoms with Gasteiger partial charge in [0.1, 0.15) is 5.75 Å². The van der Waals surface area contributed by atoms with Gasteiger partial charge in [-0.15, -0.1) is 0 Å². The van der Waals surface area contributed by atoms with Crippen LogP contribution in [-0.2, 0) is 4.79 Å². The van der Waals surface area contributed by atoms with Crippen LogP contribution in [0.1, 0.15) is 50.4 Å². The summed E-state index contributed by atoms with van der Waals surface area (Å²) in [4.78, 5) is 23.9. The van der Waals surface area contributed by atoms with E-state index in [4.69, 9.17) is 4.74 Å². The Labute approximate surface area is 129 Å². The zero-order chi connectivity index (χ0) is 16.2. The van der Waals surface area contributed by atoms with Crippen LogP contribution in [0.3, 0.4) is 0 Å². The molecule has 6 heteroatoms. The summed E-state index contributed by atoms with van der Waals surface area (Å²) < 4.78 is 5.62. The molecule has 0 aliphatic carbocycles. The summed E-state index contributed by atoms with van der Waals surface area (Å²) in [6, 6.07) is 4.90. The molecule has 2 rings (SSSR count). The first-order chi connectivity index (χ1) is 10.4. The molecule has 1 aliphatic rings. The van der Waals surface area contributed by atoms with E-state index in [1.165, 1.54) is 0 Å². The highest BCUT2D eigenvalue weighted by atomic mass is 16.5. The van der Waals surface area contributed by atoms with Crippen molar-refractivity contribution in [3.63, 3.8) is 0 Å². The first-order valence-corrected chi connectivity index (χ1v) is 7.40. The van der Waals surface area contributed by atoms with Crippen LogP contribution >= 0.6 is 0 Å². The smallest absolute Gasteiger partial charge is 0.271 e. The minimum atomic E-state index is -0.916. The van der Waals surface area contributed by atoms with Gasteiger partial charge >= 0.3 is 0 Å². The van der Waals surface area contributed by atoms with Crippen molar-refractivity contribution >= 4 is 23.7 Å². The molecule has 0 bridgehead atoms. The molecule has 1 aliphatic heterocycles. The summed E-state index contributed by atoms with van der Waals surface area (Å²) in [5.41, 5.74) is 2.46. The number of carbonyl (C=O) groups excluding carboxylic acids is 2. The van der Waals surface area contributed by atoms with E-state index in [0.29, 0.717) is 17.0 Å². The quantitative estimate of drug-likeness (QED) is 0.498. The molecule has 2 N–H and O–H groups in total. The molecule has 0 aromatic heterocycles. The van der Waals surface area contributed by atoms with Crippen LogP contribution in [0.25, 0.3) is 0 Å². The third-order valence-electron chi connectivity index (χ3n) is 3.35. The van der Waals surface area contributed by atoms with E-state index in [9.17, 15) is 9.59 Å². The Morgan fingerprint density at radius 2 is 2.23 bits per heavy atom. The number of hydrogen-bond acceptors (Lipinski definition) is 4. The van der Waals surface area contributed by atoms with Gasteiger partial charge in [-0.25, -0.2) is 5.43 Å². The minimum absolute atomic E-state index is 0.241. The van der Waals surface area contributed by atoms with Gasteiger partial charge in [-0.2, -0.15) is 5.10 Å². The molecule has 22 heavy (non-hydrogen) atoms. The van der Waals surface area contributed by atoms with Crippen molar-refractivity contribution in [1.82, 2.24) is 5.43 Å². The number of unbranched alkanes of at least 4 members (excludes halogenated alkanes) is 2. The second-order valence-corrected chi connectivity index (χ2v) is 5.67. The predicted molar refractivity (Wildman–Crippen MR) is 85.3 cm³/mol. The molecule has 2 amide bonds. The van der Waals surface area contributed by atoms with Gasteiger partial charge < -0.3 is 10.1 Å². The Balaban J connectivity index is 2.05. The third-order valence-corrected chi connectivity index (χ3v) is 3.35. The molecule has 0 saturated heterocycles. The van der Waals surface area contributed by atoms with E-state index in [2.05, 4.69) is 22.8 Å². The number of benzene rings is 1. The molecule has 0 saturated carbocycles. The summed E-state index contributed by atoms with van der Waals surface area (Å²) in [5, 5.41) is 6.64. The van der Waals surface area contributed by atoms with Gasteiger partial charge in [-0.3, -0.25) is 9.59 Å². The zero-order valence-electron chi connectivity index (χ0n) is 13.1. The van der Waals surface area contributed by atoms with E-state index in [-0.39, 0.29) is 11.8 Å². The lowest BCUT2D eigenvalue weighted by Crippen LogP contribution is -2.45. The Kier molecular flexibility index (Phi) is 4.80. The highest BCUT2D eigenvalue weighted by molar-refractivity contribution is 6.02. The van der Waals surface area contributed by atoms with E-state index in [1.807, 2.05) is 0 Å². The van der Waals surface area contributed by atoms with Gasteiger partial charge in [0.05, 0.1) is 5.69 Å². The standard InChI is InChI=1S/C16H21N3O3/c1-4-5-6-9-17-19-14(20)11-7-8-13-12(10-11)18-15(21)16(2,3)22-13/h7-10H,4-6H2,1-3H3,(H,18,21)(H,19,20)/b17-9-. The van der Waals surface area contributed by atoms with Crippen LogP contribution in [0.4, 0.5) is 5.69 Å². The Morgan fingerprint density at radius 1 is 1.45 bits per heavy atom. The number of amides is 2. The van der Waals surface area contributed by atoms with E-state index in [1.54, 1.807) is 38.3 Å². The first-order valence-electron chi connectivity index (χ1n) is 7.40. The average Bonchev–Trinajstić information content (AvgIpc) is 2.47. The number of hydrazone groups is 1. The van der Waals surface area contributed by atoms with Gasteiger partial charge in [0, 0.05) is 11.8 Å². The fraction of sp³-hybridized carbons (Fsp3) is 0.438. The van der Waals surface area contributed by atoms with Crippen molar-refractivity contribution in [1.29, 1.82) is 0 Å². The number of anilines is 1. The third kappa shape index (κ3) is 3.63. The molecule has 0 atom stereocenters. The number of ether oxygens (including phenoxy) is 1. The van der Waals surface area contributed by atoms with Crippen molar-refractivity contribution in [3.05, 3.63) is 23.8 Å². The summed E-state index contributed by atoms with van der Waals surface area (Å²) >= 11 is 0. The maximum atomic E-state index is 12.0. The van der Waals surface area contributed by atoms with Crippen molar-refractivity contribution in [2.75, 3.05) is 5.32 Å². The molecule has 118 valence electrons. The first kappa shape index (κ1) is 16.0. The molecule has 1 aromatic carbocycles. The van der Waals surface area contributed by atoms with Crippen molar-refractivity contribution in [3.8, 4) is 5.75 Å². The molecular weight excluding hydrogens is 282 g/mol.